The zero-order chi connectivity index (χ0) is 15.6. The van der Waals surface area contributed by atoms with E-state index in [9.17, 15) is 4.79 Å². The maximum Gasteiger partial charge on any atom is 0.189 e. The van der Waals surface area contributed by atoms with Crippen molar-refractivity contribution in [3.63, 3.8) is 0 Å². The van der Waals surface area contributed by atoms with Crippen LogP contribution >= 0.6 is 0 Å². The molecule has 0 fully saturated rings. The molecule has 0 aliphatic carbocycles. The Morgan fingerprint density at radius 2 is 1.86 bits per heavy atom. The van der Waals surface area contributed by atoms with Crippen LogP contribution in [0, 0.1) is 13.8 Å². The first-order valence-corrected chi connectivity index (χ1v) is 6.69. The van der Waals surface area contributed by atoms with Gasteiger partial charge >= 0.3 is 0 Å². The minimum Gasteiger partial charge on any atom is -0.496 e. The third-order valence-corrected chi connectivity index (χ3v) is 3.44. The molecule has 0 aliphatic rings. The summed E-state index contributed by atoms with van der Waals surface area (Å²) in [5, 5.41) is 0. The van der Waals surface area contributed by atoms with E-state index in [0.29, 0.717) is 11.3 Å². The highest BCUT2D eigenvalue weighted by Gasteiger charge is 2.13. The van der Waals surface area contributed by atoms with E-state index in [1.807, 2.05) is 19.9 Å². The van der Waals surface area contributed by atoms with Crippen LogP contribution in [0.3, 0.4) is 0 Å². The fourth-order valence-corrected chi connectivity index (χ4v) is 2.53. The summed E-state index contributed by atoms with van der Waals surface area (Å²) in [4.78, 5) is 15.5. The molecule has 1 aromatic carbocycles. The van der Waals surface area contributed by atoms with Crippen molar-refractivity contribution in [3.8, 4) is 17.0 Å². The first kappa shape index (κ1) is 14.9. The minimum atomic E-state index is -0.0873. The van der Waals surface area contributed by atoms with Crippen LogP contribution < -0.4 is 10.2 Å². The molecule has 1 N–H and O–H groups in total. The number of benzene rings is 1. The monoisotopic (exact) mass is 281 g/mol. The lowest BCUT2D eigenvalue weighted by Crippen LogP contribution is -2.09. The van der Waals surface area contributed by atoms with E-state index in [1.54, 1.807) is 25.3 Å². The summed E-state index contributed by atoms with van der Waals surface area (Å²) in [7, 11) is 1.63. The number of ether oxygens (including phenoxy) is 1. The lowest BCUT2D eigenvalue weighted by molar-refractivity contribution is 0.415. The molecule has 3 nitrogen and oxygen atoms in total. The molecule has 0 unspecified atom stereocenters. The number of aryl methyl sites for hydroxylation is 2. The minimum absolute atomic E-state index is 0.0873. The van der Waals surface area contributed by atoms with E-state index in [-0.39, 0.29) is 5.43 Å². The van der Waals surface area contributed by atoms with Gasteiger partial charge in [0.25, 0.3) is 0 Å². The number of nitrogens with one attached hydrogen (secondary N) is 1. The first-order valence-electron chi connectivity index (χ1n) is 6.69. The van der Waals surface area contributed by atoms with Crippen LogP contribution in [0.25, 0.3) is 23.4 Å². The predicted octanol–water partition coefficient (Wildman–Crippen LogP) is 3.95. The number of aromatic amines is 1. The molecule has 0 bridgehead atoms. The largest absolute Gasteiger partial charge is 0.496 e. The Bertz CT molecular complexity index is 770. The Kier molecular flexibility index (Phi) is 4.13. The predicted molar refractivity (Wildman–Crippen MR) is 88.7 cm³/mol. The van der Waals surface area contributed by atoms with Gasteiger partial charge in [-0.15, -0.1) is 0 Å². The molecule has 1 aromatic heterocycles. The molecule has 0 spiro atoms. The third-order valence-electron chi connectivity index (χ3n) is 3.44. The van der Waals surface area contributed by atoms with E-state index >= 15 is 0 Å². The second kappa shape index (κ2) is 5.83. The standard InChI is InChI=1S/C18H19NO2/c1-6-13-14(7-2)19-15(10-16(13)20)18-12(4)8-11(3)9-17(18)21-5/h6-10H,1-2H2,3-5H3,(H,19,20). The van der Waals surface area contributed by atoms with Gasteiger partial charge in [-0.25, -0.2) is 0 Å². The molecule has 2 rings (SSSR count). The molecule has 0 saturated carbocycles. The fourth-order valence-electron chi connectivity index (χ4n) is 2.53. The zero-order valence-electron chi connectivity index (χ0n) is 12.6. The van der Waals surface area contributed by atoms with Gasteiger partial charge in [0.05, 0.1) is 12.8 Å². The van der Waals surface area contributed by atoms with Gasteiger partial charge < -0.3 is 9.72 Å². The average Bonchev–Trinajstić information content (AvgIpc) is 2.45. The number of aromatic nitrogens is 1. The van der Waals surface area contributed by atoms with E-state index in [0.717, 1.165) is 28.1 Å². The molecular formula is C18H19NO2. The molecule has 0 aliphatic heterocycles. The maximum atomic E-state index is 12.2. The van der Waals surface area contributed by atoms with E-state index in [1.165, 1.54) is 0 Å². The highest BCUT2D eigenvalue weighted by Crippen LogP contribution is 2.33. The maximum absolute atomic E-state index is 12.2. The molecule has 1 heterocycles. The van der Waals surface area contributed by atoms with Crippen LogP contribution in [0.4, 0.5) is 0 Å². The smallest absolute Gasteiger partial charge is 0.189 e. The second-order valence-electron chi connectivity index (χ2n) is 4.94. The second-order valence-corrected chi connectivity index (χ2v) is 4.94. The molecule has 108 valence electrons. The van der Waals surface area contributed by atoms with Crippen molar-refractivity contribution in [2.45, 2.75) is 13.8 Å². The lowest BCUT2D eigenvalue weighted by atomic mass is 10.00. The van der Waals surface area contributed by atoms with Gasteiger partial charge in [-0.05, 0) is 37.1 Å². The van der Waals surface area contributed by atoms with E-state index in [4.69, 9.17) is 4.74 Å². The summed E-state index contributed by atoms with van der Waals surface area (Å²) in [6, 6.07) is 5.59. The molecule has 3 heteroatoms. The molecule has 0 amide bonds. The van der Waals surface area contributed by atoms with Crippen LogP contribution in [0.1, 0.15) is 22.4 Å². The summed E-state index contributed by atoms with van der Waals surface area (Å²) >= 11 is 0. The first-order chi connectivity index (χ1) is 10.0. The van der Waals surface area contributed by atoms with Gasteiger partial charge in [-0.3, -0.25) is 4.79 Å². The number of hydrogen-bond acceptors (Lipinski definition) is 2. The van der Waals surface area contributed by atoms with Gasteiger partial charge in [-0.2, -0.15) is 0 Å². The molecule has 0 atom stereocenters. The van der Waals surface area contributed by atoms with Crippen molar-refractivity contribution >= 4 is 12.2 Å². The van der Waals surface area contributed by atoms with Crippen LogP contribution in [0.2, 0.25) is 0 Å². The number of rotatable bonds is 4. The Morgan fingerprint density at radius 3 is 2.43 bits per heavy atom. The third kappa shape index (κ3) is 2.68. The van der Waals surface area contributed by atoms with Crippen LogP contribution in [0.15, 0.2) is 36.2 Å². The van der Waals surface area contributed by atoms with Gasteiger partial charge in [0.2, 0.25) is 0 Å². The lowest BCUT2D eigenvalue weighted by Gasteiger charge is -2.14. The number of hydrogen-bond donors (Lipinski definition) is 1. The SMILES string of the molecule is C=Cc1[nH]c(-c2c(C)cc(C)cc2OC)cc(=O)c1C=C. The van der Waals surface area contributed by atoms with E-state index in [2.05, 4.69) is 24.2 Å². The van der Waals surface area contributed by atoms with Gasteiger partial charge in [-0.1, -0.05) is 25.3 Å². The summed E-state index contributed by atoms with van der Waals surface area (Å²) in [5.74, 6) is 0.740. The van der Waals surface area contributed by atoms with Crippen molar-refractivity contribution < 1.29 is 4.74 Å². The van der Waals surface area contributed by atoms with Gasteiger partial charge in [0.1, 0.15) is 5.75 Å². The molecular weight excluding hydrogens is 262 g/mol. The number of H-pyrrole nitrogens is 1. The van der Waals surface area contributed by atoms with Crippen LogP contribution in [-0.4, -0.2) is 12.1 Å². The number of pyridine rings is 1. The van der Waals surface area contributed by atoms with Crippen molar-refractivity contribution in [2.24, 2.45) is 0 Å². The van der Waals surface area contributed by atoms with Crippen molar-refractivity contribution in [3.05, 3.63) is 64.0 Å². The summed E-state index contributed by atoms with van der Waals surface area (Å²) in [6.07, 6.45) is 3.16. The Hall–Kier alpha value is -2.55. The molecule has 21 heavy (non-hydrogen) atoms. The van der Waals surface area contributed by atoms with Gasteiger partial charge in [0, 0.05) is 22.9 Å². The zero-order valence-corrected chi connectivity index (χ0v) is 12.6. The van der Waals surface area contributed by atoms with E-state index < -0.39 is 0 Å². The normalized spacial score (nSPS) is 10.2. The molecule has 2 aromatic rings. The van der Waals surface area contributed by atoms with Gasteiger partial charge in [0.15, 0.2) is 5.43 Å². The quantitative estimate of drug-likeness (QED) is 0.922. The van der Waals surface area contributed by atoms with Crippen molar-refractivity contribution in [1.82, 2.24) is 4.98 Å². The average molecular weight is 281 g/mol. The number of methoxy groups -OCH3 is 1. The Morgan fingerprint density at radius 1 is 1.14 bits per heavy atom. The molecule has 0 radical (unpaired) electrons. The molecule has 0 saturated heterocycles. The topological polar surface area (TPSA) is 42.1 Å². The van der Waals surface area contributed by atoms with Crippen LogP contribution in [0.5, 0.6) is 5.75 Å². The Balaban J connectivity index is 2.79. The summed E-state index contributed by atoms with van der Waals surface area (Å²) in [5.41, 5.74) is 4.86. The summed E-state index contributed by atoms with van der Waals surface area (Å²) in [6.45, 7) is 11.4. The van der Waals surface area contributed by atoms with Crippen LogP contribution in [-0.2, 0) is 0 Å². The highest BCUT2D eigenvalue weighted by atomic mass is 16.5. The van der Waals surface area contributed by atoms with Crippen molar-refractivity contribution in [2.75, 3.05) is 7.11 Å². The van der Waals surface area contributed by atoms with Crippen molar-refractivity contribution in [1.29, 1.82) is 0 Å². The Labute approximate surface area is 124 Å². The summed E-state index contributed by atoms with van der Waals surface area (Å²) < 4.78 is 5.46. The fraction of sp³-hybridized carbons (Fsp3) is 0.167. The highest BCUT2D eigenvalue weighted by molar-refractivity contribution is 5.74.